The highest BCUT2D eigenvalue weighted by molar-refractivity contribution is 7.09. The van der Waals surface area contributed by atoms with Gasteiger partial charge < -0.3 is 24.0 Å². The Morgan fingerprint density at radius 2 is 2.00 bits per heavy atom. The van der Waals surface area contributed by atoms with Crippen LogP contribution < -0.4 is 0 Å². The molecule has 36 heavy (non-hydrogen) atoms. The van der Waals surface area contributed by atoms with Crippen molar-refractivity contribution in [3.05, 3.63) is 46.2 Å². The van der Waals surface area contributed by atoms with Gasteiger partial charge in [0, 0.05) is 57.0 Å². The van der Waals surface area contributed by atoms with Crippen LogP contribution in [0.3, 0.4) is 0 Å². The number of hydrogen-bond donors (Lipinski definition) is 0. The van der Waals surface area contributed by atoms with E-state index in [2.05, 4.69) is 16.0 Å². The van der Waals surface area contributed by atoms with Crippen molar-refractivity contribution in [3.8, 4) is 6.07 Å². The van der Waals surface area contributed by atoms with Crippen LogP contribution in [-0.4, -0.2) is 91.4 Å². The van der Waals surface area contributed by atoms with Crippen molar-refractivity contribution in [1.82, 2.24) is 19.8 Å². The Bertz CT molecular complexity index is 988. The van der Waals surface area contributed by atoms with Gasteiger partial charge in [0.15, 0.2) is 0 Å². The van der Waals surface area contributed by atoms with E-state index in [4.69, 9.17) is 19.5 Å². The van der Waals surface area contributed by atoms with E-state index in [1.807, 2.05) is 17.0 Å². The zero-order chi connectivity index (χ0) is 25.6. The number of carbonyl (C=O) groups excluding carboxylic acids is 2. The van der Waals surface area contributed by atoms with Gasteiger partial charge >= 0.3 is 0 Å². The van der Waals surface area contributed by atoms with E-state index in [1.165, 1.54) is 11.3 Å². The smallest absolute Gasteiger partial charge is 0.273 e. The normalized spacial score (nSPS) is 13.9. The molecular formula is C25H33N5O5S. The molecule has 0 bridgehead atoms. The Morgan fingerprint density at radius 3 is 2.72 bits per heavy atom. The van der Waals surface area contributed by atoms with Crippen LogP contribution in [0.15, 0.2) is 29.9 Å². The maximum Gasteiger partial charge on any atom is 0.273 e. The molecular weight excluding hydrogens is 482 g/mol. The molecule has 10 nitrogen and oxygen atoms in total. The van der Waals surface area contributed by atoms with Gasteiger partial charge in [-0.2, -0.15) is 5.26 Å². The third kappa shape index (κ3) is 8.64. The Balaban J connectivity index is 1.46. The molecule has 0 N–H and O–H groups in total. The molecule has 194 valence electrons. The zero-order valence-corrected chi connectivity index (χ0v) is 21.5. The second-order valence-electron chi connectivity index (χ2n) is 8.38. The van der Waals surface area contributed by atoms with Crippen molar-refractivity contribution in [2.45, 2.75) is 31.7 Å². The van der Waals surface area contributed by atoms with Crippen LogP contribution in [0.5, 0.6) is 0 Å². The van der Waals surface area contributed by atoms with E-state index < -0.39 is 0 Å². The lowest BCUT2D eigenvalue weighted by molar-refractivity contribution is -0.137. The maximum absolute atomic E-state index is 13.1. The summed E-state index contributed by atoms with van der Waals surface area (Å²) in [5.74, 6) is -0.00182. The fourth-order valence-corrected chi connectivity index (χ4v) is 4.84. The Labute approximate surface area is 215 Å². The van der Waals surface area contributed by atoms with Crippen molar-refractivity contribution >= 4 is 23.2 Å². The summed E-state index contributed by atoms with van der Waals surface area (Å²) in [4.78, 5) is 37.8. The summed E-state index contributed by atoms with van der Waals surface area (Å²) in [7, 11) is 1.62. The van der Waals surface area contributed by atoms with Crippen LogP contribution in [0, 0.1) is 11.3 Å². The molecule has 0 aliphatic carbocycles. The summed E-state index contributed by atoms with van der Waals surface area (Å²) in [5, 5.41) is 11.7. The second-order valence-corrected chi connectivity index (χ2v) is 9.27. The molecule has 1 fully saturated rings. The van der Waals surface area contributed by atoms with Crippen molar-refractivity contribution in [3.63, 3.8) is 0 Å². The first-order valence-corrected chi connectivity index (χ1v) is 12.9. The molecule has 1 saturated heterocycles. The number of aromatic nitrogens is 2. The van der Waals surface area contributed by atoms with E-state index in [1.54, 1.807) is 29.8 Å². The van der Waals surface area contributed by atoms with Gasteiger partial charge in [0.1, 0.15) is 12.3 Å². The molecule has 0 aromatic carbocycles. The number of thiazole rings is 1. The molecule has 2 aromatic rings. The largest absolute Gasteiger partial charge is 0.382 e. The first kappa shape index (κ1) is 27.7. The number of carbonyl (C=O) groups is 2. The summed E-state index contributed by atoms with van der Waals surface area (Å²) in [6, 6.07) is 5.84. The number of ether oxygens (including phenoxy) is 3. The van der Waals surface area contributed by atoms with Crippen LogP contribution >= 0.6 is 11.3 Å². The fourth-order valence-electron chi connectivity index (χ4n) is 3.87. The molecule has 11 heteroatoms. The Hall–Kier alpha value is -2.91. The zero-order valence-electron chi connectivity index (χ0n) is 20.6. The summed E-state index contributed by atoms with van der Waals surface area (Å²) < 4.78 is 15.7. The monoisotopic (exact) mass is 515 g/mol. The van der Waals surface area contributed by atoms with Crippen LogP contribution in [0.4, 0.5) is 0 Å². The number of amides is 2. The molecule has 0 spiro atoms. The summed E-state index contributed by atoms with van der Waals surface area (Å²) in [6.45, 7) is 3.87. The van der Waals surface area contributed by atoms with Gasteiger partial charge in [0.2, 0.25) is 5.91 Å². The maximum atomic E-state index is 13.1. The average molecular weight is 516 g/mol. The number of methoxy groups -OCH3 is 1. The molecule has 1 aliphatic heterocycles. The summed E-state index contributed by atoms with van der Waals surface area (Å²) in [5.41, 5.74) is 1.30. The number of nitrogens with zero attached hydrogens (tertiary/aromatic N) is 5. The number of hydrogen-bond acceptors (Lipinski definition) is 9. The third-order valence-electron chi connectivity index (χ3n) is 5.84. The predicted octanol–water partition coefficient (Wildman–Crippen LogP) is 2.48. The minimum Gasteiger partial charge on any atom is -0.382 e. The minimum absolute atomic E-state index is 0.0242. The van der Waals surface area contributed by atoms with Crippen molar-refractivity contribution in [2.75, 3.05) is 59.8 Å². The molecule has 0 saturated carbocycles. The standard InChI is InChI=1S/C25H33N5O5S/c1-33-12-13-34-14-15-35-18-23(31)29-10-5-21(6-11-29)24-28-22(19-36-24)25(32)30(9-3-7-26)17-20-4-2-8-27-16-20/h2,4,8,16,19,21H,3,5-6,9-15,17-18H2,1H3. The highest BCUT2D eigenvalue weighted by Crippen LogP contribution is 2.30. The second kappa shape index (κ2) is 15.3. The van der Waals surface area contributed by atoms with Gasteiger partial charge in [0.25, 0.3) is 5.91 Å². The first-order valence-electron chi connectivity index (χ1n) is 12.0. The van der Waals surface area contributed by atoms with Crippen LogP contribution in [0.25, 0.3) is 0 Å². The average Bonchev–Trinajstić information content (AvgIpc) is 3.41. The van der Waals surface area contributed by atoms with Crippen LogP contribution in [0.1, 0.15) is 46.2 Å². The molecule has 2 amide bonds. The summed E-state index contributed by atoms with van der Waals surface area (Å²) >= 11 is 1.48. The Kier molecular flexibility index (Phi) is 11.7. The van der Waals surface area contributed by atoms with Crippen molar-refractivity contribution in [1.29, 1.82) is 5.26 Å². The van der Waals surface area contributed by atoms with E-state index in [0.29, 0.717) is 58.3 Å². The van der Waals surface area contributed by atoms with E-state index in [-0.39, 0.29) is 30.8 Å². The van der Waals surface area contributed by atoms with Crippen molar-refractivity contribution < 1.29 is 23.8 Å². The van der Waals surface area contributed by atoms with E-state index >= 15 is 0 Å². The minimum atomic E-state index is -0.187. The lowest BCUT2D eigenvalue weighted by Crippen LogP contribution is -2.40. The lowest BCUT2D eigenvalue weighted by Gasteiger charge is -2.31. The van der Waals surface area contributed by atoms with Gasteiger partial charge in [-0.1, -0.05) is 6.07 Å². The highest BCUT2D eigenvalue weighted by Gasteiger charge is 2.27. The molecule has 0 radical (unpaired) electrons. The molecule has 0 atom stereocenters. The van der Waals surface area contributed by atoms with Gasteiger partial charge in [-0.15, -0.1) is 11.3 Å². The number of nitriles is 1. The van der Waals surface area contributed by atoms with Gasteiger partial charge in [-0.05, 0) is 24.5 Å². The molecule has 2 aromatic heterocycles. The van der Waals surface area contributed by atoms with E-state index in [9.17, 15) is 9.59 Å². The molecule has 3 heterocycles. The lowest BCUT2D eigenvalue weighted by atomic mass is 9.97. The van der Waals surface area contributed by atoms with E-state index in [0.717, 1.165) is 23.4 Å². The topological polar surface area (TPSA) is 118 Å². The third-order valence-corrected chi connectivity index (χ3v) is 6.85. The fraction of sp³-hybridized carbons (Fsp3) is 0.560. The predicted molar refractivity (Wildman–Crippen MR) is 133 cm³/mol. The van der Waals surface area contributed by atoms with Gasteiger partial charge in [-0.25, -0.2) is 4.98 Å². The highest BCUT2D eigenvalue weighted by atomic mass is 32.1. The SMILES string of the molecule is COCCOCCOCC(=O)N1CCC(c2nc(C(=O)N(CCC#N)Cc3cccnc3)cs2)CC1. The number of likely N-dealkylation sites (tertiary alicyclic amines) is 1. The summed E-state index contributed by atoms with van der Waals surface area (Å²) in [6.07, 6.45) is 5.24. The van der Waals surface area contributed by atoms with Crippen LogP contribution in [0.2, 0.25) is 0 Å². The quantitative estimate of drug-likeness (QED) is 0.352. The number of rotatable bonds is 14. The van der Waals surface area contributed by atoms with Gasteiger partial charge in [-0.3, -0.25) is 14.6 Å². The number of piperidine rings is 1. The van der Waals surface area contributed by atoms with Gasteiger partial charge in [0.05, 0.1) is 43.9 Å². The molecule has 0 unspecified atom stereocenters. The molecule has 1 aliphatic rings. The van der Waals surface area contributed by atoms with Crippen molar-refractivity contribution in [2.24, 2.45) is 0 Å². The first-order chi connectivity index (χ1) is 17.6. The Morgan fingerprint density at radius 1 is 1.22 bits per heavy atom. The van der Waals surface area contributed by atoms with Crippen LogP contribution in [-0.2, 0) is 25.5 Å². The number of pyridine rings is 1. The molecule has 3 rings (SSSR count).